The predicted octanol–water partition coefficient (Wildman–Crippen LogP) is 0.617. The molecule has 1 aromatic heterocycles. The first kappa shape index (κ1) is 10.7. The Bertz CT molecular complexity index is 386. The molecule has 1 aromatic rings. The minimum atomic E-state index is -0.329. The molecule has 1 saturated heterocycles. The number of furan rings is 1. The van der Waals surface area contributed by atoms with Crippen LogP contribution in [0, 0.1) is 5.92 Å². The summed E-state index contributed by atoms with van der Waals surface area (Å²) in [6, 6.07) is 1.62. The van der Waals surface area contributed by atoms with Crippen molar-refractivity contribution in [3.05, 3.63) is 24.2 Å². The monoisotopic (exact) mass is 222 g/mol. The highest BCUT2D eigenvalue weighted by molar-refractivity contribution is 5.94. The van der Waals surface area contributed by atoms with Crippen LogP contribution >= 0.6 is 0 Å². The molecular formula is C11H14N2O3. The molecule has 16 heavy (non-hydrogen) atoms. The average Bonchev–Trinajstić information content (AvgIpc) is 2.81. The molecule has 1 aliphatic heterocycles. The van der Waals surface area contributed by atoms with E-state index in [-0.39, 0.29) is 17.7 Å². The van der Waals surface area contributed by atoms with Crippen molar-refractivity contribution in [2.24, 2.45) is 11.7 Å². The van der Waals surface area contributed by atoms with E-state index in [4.69, 9.17) is 10.2 Å². The SMILES string of the molecule is NC(=O)[C@H]1CCCN(C(=O)c2ccoc2)C1. The van der Waals surface area contributed by atoms with E-state index in [1.54, 1.807) is 11.0 Å². The van der Waals surface area contributed by atoms with E-state index in [1.165, 1.54) is 12.5 Å². The summed E-state index contributed by atoms with van der Waals surface area (Å²) in [7, 11) is 0. The van der Waals surface area contributed by atoms with E-state index in [2.05, 4.69) is 0 Å². The molecule has 0 unspecified atom stereocenters. The van der Waals surface area contributed by atoms with Crippen LogP contribution in [0.15, 0.2) is 23.0 Å². The van der Waals surface area contributed by atoms with Crippen LogP contribution < -0.4 is 5.73 Å². The van der Waals surface area contributed by atoms with Crippen molar-refractivity contribution >= 4 is 11.8 Å². The van der Waals surface area contributed by atoms with Gasteiger partial charge in [0.15, 0.2) is 0 Å². The highest BCUT2D eigenvalue weighted by Gasteiger charge is 2.27. The van der Waals surface area contributed by atoms with E-state index < -0.39 is 0 Å². The van der Waals surface area contributed by atoms with Crippen LogP contribution in [0.1, 0.15) is 23.2 Å². The first-order chi connectivity index (χ1) is 7.68. The summed E-state index contributed by atoms with van der Waals surface area (Å²) in [5.41, 5.74) is 5.77. The second-order valence-corrected chi connectivity index (χ2v) is 4.00. The zero-order valence-electron chi connectivity index (χ0n) is 8.89. The number of amides is 2. The van der Waals surface area contributed by atoms with Gasteiger partial charge in [-0.15, -0.1) is 0 Å². The maximum absolute atomic E-state index is 11.9. The standard InChI is InChI=1S/C11H14N2O3/c12-10(14)8-2-1-4-13(6-8)11(15)9-3-5-16-7-9/h3,5,7-8H,1-2,4,6H2,(H2,12,14)/t8-/m0/s1. The number of rotatable bonds is 2. The molecule has 2 amide bonds. The number of hydrogen-bond acceptors (Lipinski definition) is 3. The van der Waals surface area contributed by atoms with Crippen LogP contribution in [0.5, 0.6) is 0 Å². The second kappa shape index (κ2) is 4.38. The van der Waals surface area contributed by atoms with Crippen LogP contribution in [0.2, 0.25) is 0 Å². The molecule has 0 radical (unpaired) electrons. The first-order valence-electron chi connectivity index (χ1n) is 5.29. The van der Waals surface area contributed by atoms with Crippen LogP contribution in [-0.2, 0) is 4.79 Å². The predicted molar refractivity (Wildman–Crippen MR) is 56.5 cm³/mol. The molecule has 5 nitrogen and oxygen atoms in total. The molecule has 1 fully saturated rings. The number of carbonyl (C=O) groups is 2. The minimum absolute atomic E-state index is 0.0975. The number of primary amides is 1. The molecule has 0 bridgehead atoms. The van der Waals surface area contributed by atoms with Gasteiger partial charge in [0.1, 0.15) is 6.26 Å². The molecule has 0 saturated carbocycles. The summed E-state index contributed by atoms with van der Waals surface area (Å²) in [4.78, 5) is 24.7. The molecular weight excluding hydrogens is 208 g/mol. The molecule has 0 aliphatic carbocycles. The zero-order chi connectivity index (χ0) is 11.5. The summed E-state index contributed by atoms with van der Waals surface area (Å²) in [5, 5.41) is 0. The Hall–Kier alpha value is -1.78. The lowest BCUT2D eigenvalue weighted by Gasteiger charge is -2.30. The molecule has 2 rings (SSSR count). The van der Waals surface area contributed by atoms with Gasteiger partial charge in [-0.1, -0.05) is 0 Å². The molecule has 5 heteroatoms. The van der Waals surface area contributed by atoms with E-state index in [9.17, 15) is 9.59 Å². The maximum Gasteiger partial charge on any atom is 0.257 e. The largest absolute Gasteiger partial charge is 0.472 e. The lowest BCUT2D eigenvalue weighted by molar-refractivity contribution is -0.123. The van der Waals surface area contributed by atoms with Crippen molar-refractivity contribution in [3.8, 4) is 0 Å². The molecule has 1 atom stereocenters. The average molecular weight is 222 g/mol. The Kier molecular flexibility index (Phi) is 2.94. The third-order valence-electron chi connectivity index (χ3n) is 2.88. The van der Waals surface area contributed by atoms with Gasteiger partial charge in [0, 0.05) is 13.1 Å². The maximum atomic E-state index is 11.9. The minimum Gasteiger partial charge on any atom is -0.472 e. The lowest BCUT2D eigenvalue weighted by atomic mass is 9.97. The summed E-state index contributed by atoms with van der Waals surface area (Å²) in [5.74, 6) is -0.644. The van der Waals surface area contributed by atoms with E-state index in [0.29, 0.717) is 18.7 Å². The van der Waals surface area contributed by atoms with Gasteiger partial charge in [0.05, 0.1) is 17.7 Å². The van der Waals surface area contributed by atoms with Gasteiger partial charge in [0.2, 0.25) is 5.91 Å². The number of carbonyl (C=O) groups excluding carboxylic acids is 2. The lowest BCUT2D eigenvalue weighted by Crippen LogP contribution is -2.44. The summed E-state index contributed by atoms with van der Waals surface area (Å²) < 4.78 is 4.86. The Labute approximate surface area is 93.2 Å². The highest BCUT2D eigenvalue weighted by atomic mass is 16.3. The number of nitrogens with zero attached hydrogens (tertiary/aromatic N) is 1. The third kappa shape index (κ3) is 2.08. The number of nitrogens with two attached hydrogens (primary N) is 1. The molecule has 1 aliphatic rings. The fourth-order valence-electron chi connectivity index (χ4n) is 1.96. The van der Waals surface area contributed by atoms with E-state index >= 15 is 0 Å². The van der Waals surface area contributed by atoms with E-state index in [1.807, 2.05) is 0 Å². The highest BCUT2D eigenvalue weighted by Crippen LogP contribution is 2.18. The van der Waals surface area contributed by atoms with Crippen LogP contribution in [-0.4, -0.2) is 29.8 Å². The van der Waals surface area contributed by atoms with Crippen LogP contribution in [0.3, 0.4) is 0 Å². The van der Waals surface area contributed by atoms with Gasteiger partial charge in [-0.25, -0.2) is 0 Å². The molecule has 2 N–H and O–H groups in total. The second-order valence-electron chi connectivity index (χ2n) is 4.00. The van der Waals surface area contributed by atoms with Crippen molar-refractivity contribution in [1.82, 2.24) is 4.90 Å². The van der Waals surface area contributed by atoms with Crippen molar-refractivity contribution in [2.75, 3.05) is 13.1 Å². The van der Waals surface area contributed by atoms with Gasteiger partial charge in [-0.05, 0) is 18.9 Å². The molecule has 0 spiro atoms. The van der Waals surface area contributed by atoms with Gasteiger partial charge in [0.25, 0.3) is 5.91 Å². The van der Waals surface area contributed by atoms with Gasteiger partial charge in [-0.2, -0.15) is 0 Å². The van der Waals surface area contributed by atoms with Crippen molar-refractivity contribution in [1.29, 1.82) is 0 Å². The third-order valence-corrected chi connectivity index (χ3v) is 2.88. The van der Waals surface area contributed by atoms with Crippen LogP contribution in [0.25, 0.3) is 0 Å². The Morgan fingerprint density at radius 3 is 2.94 bits per heavy atom. The smallest absolute Gasteiger partial charge is 0.257 e. The van der Waals surface area contributed by atoms with Crippen molar-refractivity contribution < 1.29 is 14.0 Å². The van der Waals surface area contributed by atoms with Crippen LogP contribution in [0.4, 0.5) is 0 Å². The van der Waals surface area contributed by atoms with Gasteiger partial charge < -0.3 is 15.1 Å². The first-order valence-corrected chi connectivity index (χ1v) is 5.29. The topological polar surface area (TPSA) is 76.5 Å². The molecule has 86 valence electrons. The molecule has 2 heterocycles. The fourth-order valence-corrected chi connectivity index (χ4v) is 1.96. The fraction of sp³-hybridized carbons (Fsp3) is 0.455. The Balaban J connectivity index is 2.05. The number of hydrogen-bond donors (Lipinski definition) is 1. The molecule has 0 aromatic carbocycles. The quantitative estimate of drug-likeness (QED) is 0.796. The van der Waals surface area contributed by atoms with Crippen molar-refractivity contribution in [3.63, 3.8) is 0 Å². The summed E-state index contributed by atoms with van der Waals surface area (Å²) in [6.07, 6.45) is 4.46. The van der Waals surface area contributed by atoms with Crippen molar-refractivity contribution in [2.45, 2.75) is 12.8 Å². The number of likely N-dealkylation sites (tertiary alicyclic amines) is 1. The normalized spacial score (nSPS) is 20.8. The summed E-state index contributed by atoms with van der Waals surface area (Å²) >= 11 is 0. The van der Waals surface area contributed by atoms with Gasteiger partial charge in [-0.3, -0.25) is 9.59 Å². The Morgan fingerprint density at radius 1 is 1.50 bits per heavy atom. The number of piperidine rings is 1. The summed E-state index contributed by atoms with van der Waals surface area (Å²) in [6.45, 7) is 1.09. The Morgan fingerprint density at radius 2 is 2.31 bits per heavy atom. The van der Waals surface area contributed by atoms with E-state index in [0.717, 1.165) is 12.8 Å². The van der Waals surface area contributed by atoms with Gasteiger partial charge >= 0.3 is 0 Å². The zero-order valence-corrected chi connectivity index (χ0v) is 8.89.